The summed E-state index contributed by atoms with van der Waals surface area (Å²) in [4.78, 5) is 0. The first-order valence-corrected chi connectivity index (χ1v) is 16.3. The molecule has 2 aromatic heterocycles. The van der Waals surface area contributed by atoms with E-state index in [-0.39, 0.29) is 0 Å². The zero-order chi connectivity index (χ0) is 33.8. The Morgan fingerprint density at radius 3 is 1.68 bits per heavy atom. The van der Waals surface area contributed by atoms with Gasteiger partial charge >= 0.3 is 0 Å². The Morgan fingerprint density at radius 1 is 0.360 bits per heavy atom. The van der Waals surface area contributed by atoms with Crippen molar-refractivity contribution in [1.29, 1.82) is 15.8 Å². The van der Waals surface area contributed by atoms with Crippen molar-refractivity contribution in [2.75, 3.05) is 0 Å². The largest absolute Gasteiger partial charge is 0.309 e. The fraction of sp³-hybridized carbons (Fsp3) is 0. The molecule has 0 amide bonds. The first kappa shape index (κ1) is 28.8. The van der Waals surface area contributed by atoms with Gasteiger partial charge in [-0.25, -0.2) is 0 Å². The molecule has 0 aliphatic rings. The standard InChI is InChI=1S/C45H25N5/c46-26-29-18-21-43-40(22-29)39-20-17-31(28-48)24-45(39)50(43)44-23-30(27-47)16-19-38(44)35-11-2-1-10-34(35)32-8-7-9-33(25-32)49-41-14-5-3-12-36(41)37-13-4-6-15-42(37)49/h1-25H. The maximum atomic E-state index is 10.1. The minimum atomic E-state index is 0.523. The molecule has 0 saturated carbocycles. The Morgan fingerprint density at radius 2 is 0.940 bits per heavy atom. The zero-order valence-corrected chi connectivity index (χ0v) is 26.7. The van der Waals surface area contributed by atoms with Gasteiger partial charge in [0.25, 0.3) is 0 Å². The van der Waals surface area contributed by atoms with Crippen LogP contribution in [0.1, 0.15) is 16.7 Å². The lowest BCUT2D eigenvalue weighted by Crippen LogP contribution is -2.00. The second kappa shape index (κ2) is 11.4. The maximum absolute atomic E-state index is 10.1. The summed E-state index contributed by atoms with van der Waals surface area (Å²) >= 11 is 0. The minimum absolute atomic E-state index is 0.523. The summed E-state index contributed by atoms with van der Waals surface area (Å²) in [6, 6.07) is 57.9. The number of aromatic nitrogens is 2. The lowest BCUT2D eigenvalue weighted by Gasteiger charge is -2.18. The normalized spacial score (nSPS) is 11.1. The van der Waals surface area contributed by atoms with Crippen LogP contribution >= 0.6 is 0 Å². The van der Waals surface area contributed by atoms with Crippen molar-refractivity contribution in [3.63, 3.8) is 0 Å². The number of nitrogens with zero attached hydrogens (tertiary/aromatic N) is 5. The Labute approximate surface area is 287 Å². The van der Waals surface area contributed by atoms with Crippen LogP contribution in [0, 0.1) is 34.0 Å². The van der Waals surface area contributed by atoms with Gasteiger partial charge in [-0.05, 0) is 83.4 Å². The highest BCUT2D eigenvalue weighted by Crippen LogP contribution is 2.41. The average Bonchev–Trinajstić information content (AvgIpc) is 3.69. The van der Waals surface area contributed by atoms with Gasteiger partial charge in [-0.2, -0.15) is 15.8 Å². The molecule has 230 valence electrons. The highest BCUT2D eigenvalue weighted by Gasteiger charge is 2.20. The van der Waals surface area contributed by atoms with Crippen LogP contribution in [-0.2, 0) is 0 Å². The molecule has 7 aromatic carbocycles. The molecule has 2 heterocycles. The van der Waals surface area contributed by atoms with E-state index in [2.05, 4.69) is 118 Å². The predicted octanol–water partition coefficient (Wildman–Crippen LogP) is 10.8. The van der Waals surface area contributed by atoms with Crippen molar-refractivity contribution < 1.29 is 0 Å². The Balaban J connectivity index is 1.30. The van der Waals surface area contributed by atoms with Gasteiger partial charge in [-0.1, -0.05) is 84.9 Å². The third-order valence-corrected chi connectivity index (χ3v) is 9.60. The number of fused-ring (bicyclic) bond motifs is 6. The second-order valence-corrected chi connectivity index (χ2v) is 12.3. The van der Waals surface area contributed by atoms with Crippen LogP contribution in [0.25, 0.3) is 77.2 Å². The predicted molar refractivity (Wildman–Crippen MR) is 200 cm³/mol. The van der Waals surface area contributed by atoms with Crippen LogP contribution in [0.2, 0.25) is 0 Å². The molecule has 0 aliphatic carbocycles. The molecule has 5 nitrogen and oxygen atoms in total. The van der Waals surface area contributed by atoms with Crippen molar-refractivity contribution in [2.24, 2.45) is 0 Å². The minimum Gasteiger partial charge on any atom is -0.309 e. The van der Waals surface area contributed by atoms with E-state index in [4.69, 9.17) is 0 Å². The van der Waals surface area contributed by atoms with Gasteiger partial charge in [0.2, 0.25) is 0 Å². The van der Waals surface area contributed by atoms with Crippen molar-refractivity contribution in [3.05, 3.63) is 168 Å². The van der Waals surface area contributed by atoms with Crippen LogP contribution in [0.4, 0.5) is 0 Å². The lowest BCUT2D eigenvalue weighted by atomic mass is 9.92. The summed E-state index contributed by atoms with van der Waals surface area (Å²) in [7, 11) is 0. The average molecular weight is 636 g/mol. The number of nitriles is 3. The van der Waals surface area contributed by atoms with Gasteiger partial charge in [0.15, 0.2) is 0 Å². The molecule has 0 saturated heterocycles. The van der Waals surface area contributed by atoms with Gasteiger partial charge in [0.1, 0.15) is 0 Å². The molecule has 0 bridgehead atoms. The third-order valence-electron chi connectivity index (χ3n) is 9.60. The van der Waals surface area contributed by atoms with Crippen LogP contribution in [0.5, 0.6) is 0 Å². The van der Waals surface area contributed by atoms with E-state index in [1.807, 2.05) is 54.6 Å². The summed E-state index contributed by atoms with van der Waals surface area (Å²) < 4.78 is 4.44. The Hall–Kier alpha value is -7.39. The highest BCUT2D eigenvalue weighted by molar-refractivity contribution is 6.11. The van der Waals surface area contributed by atoms with E-state index in [1.54, 1.807) is 6.07 Å². The molecule has 0 aliphatic heterocycles. The summed E-state index contributed by atoms with van der Waals surface area (Å²) in [5.41, 5.74) is 11.6. The van der Waals surface area contributed by atoms with Crippen molar-refractivity contribution in [2.45, 2.75) is 0 Å². The van der Waals surface area contributed by atoms with E-state index in [9.17, 15) is 15.8 Å². The van der Waals surface area contributed by atoms with Crippen molar-refractivity contribution >= 4 is 43.6 Å². The molecular weight excluding hydrogens is 611 g/mol. The second-order valence-electron chi connectivity index (χ2n) is 12.3. The number of hydrogen-bond acceptors (Lipinski definition) is 3. The third kappa shape index (κ3) is 4.38. The molecule has 0 unspecified atom stereocenters. The van der Waals surface area contributed by atoms with Crippen LogP contribution in [0.3, 0.4) is 0 Å². The van der Waals surface area contributed by atoms with E-state index in [0.29, 0.717) is 16.7 Å². The SMILES string of the molecule is N#Cc1ccc(-c2ccccc2-c2cccc(-n3c4ccccc4c4ccccc43)c2)c(-n2c3ccc(C#N)cc3c3ccc(C#N)cc32)c1. The molecule has 0 N–H and O–H groups in total. The van der Waals surface area contributed by atoms with Crippen molar-refractivity contribution in [1.82, 2.24) is 9.13 Å². The fourth-order valence-corrected chi connectivity index (χ4v) is 7.42. The number of rotatable bonds is 4. The molecule has 0 atom stereocenters. The quantitative estimate of drug-likeness (QED) is 0.193. The van der Waals surface area contributed by atoms with Gasteiger partial charge in [-0.3, -0.25) is 0 Å². The van der Waals surface area contributed by atoms with Crippen LogP contribution < -0.4 is 0 Å². The first-order valence-electron chi connectivity index (χ1n) is 16.3. The van der Waals surface area contributed by atoms with Crippen molar-refractivity contribution in [3.8, 4) is 51.8 Å². The molecule has 0 radical (unpaired) electrons. The van der Waals surface area contributed by atoms with Gasteiger partial charge < -0.3 is 9.13 Å². The fourth-order valence-electron chi connectivity index (χ4n) is 7.42. The number of benzene rings is 7. The summed E-state index contributed by atoms with van der Waals surface area (Å²) in [5.74, 6) is 0. The van der Waals surface area contributed by atoms with E-state index < -0.39 is 0 Å². The monoisotopic (exact) mass is 635 g/mol. The summed E-state index contributed by atoms with van der Waals surface area (Å²) in [6.45, 7) is 0. The topological polar surface area (TPSA) is 81.2 Å². The van der Waals surface area contributed by atoms with E-state index in [0.717, 1.165) is 66.5 Å². The molecule has 0 spiro atoms. The highest BCUT2D eigenvalue weighted by atomic mass is 15.0. The molecule has 50 heavy (non-hydrogen) atoms. The molecule has 0 fully saturated rings. The van der Waals surface area contributed by atoms with Gasteiger partial charge in [0.05, 0.1) is 62.7 Å². The van der Waals surface area contributed by atoms with Crippen LogP contribution in [-0.4, -0.2) is 9.13 Å². The number of para-hydroxylation sites is 2. The van der Waals surface area contributed by atoms with Gasteiger partial charge in [-0.15, -0.1) is 0 Å². The molecule has 9 rings (SSSR count). The molecule has 9 aromatic rings. The Kier molecular flexibility index (Phi) is 6.56. The zero-order valence-electron chi connectivity index (χ0n) is 26.7. The molecular formula is C45H25N5. The number of hydrogen-bond donors (Lipinski definition) is 0. The molecule has 5 heteroatoms. The lowest BCUT2D eigenvalue weighted by molar-refractivity contribution is 1.18. The Bertz CT molecular complexity index is 2920. The smallest absolute Gasteiger partial charge is 0.0992 e. The van der Waals surface area contributed by atoms with Crippen LogP contribution in [0.15, 0.2) is 152 Å². The van der Waals surface area contributed by atoms with E-state index >= 15 is 0 Å². The van der Waals surface area contributed by atoms with Gasteiger partial charge in [0, 0.05) is 32.8 Å². The summed E-state index contributed by atoms with van der Waals surface area (Å²) in [5, 5.41) is 33.9. The maximum Gasteiger partial charge on any atom is 0.0992 e. The summed E-state index contributed by atoms with van der Waals surface area (Å²) in [6.07, 6.45) is 0. The first-order chi connectivity index (χ1) is 24.7. The van der Waals surface area contributed by atoms with E-state index in [1.165, 1.54) is 10.8 Å².